The molecule has 0 radical (unpaired) electrons. The highest BCUT2D eigenvalue weighted by atomic mass is 19.1. The second-order valence-electron chi connectivity index (χ2n) is 10.2. The lowest BCUT2D eigenvalue weighted by Gasteiger charge is -2.41. The van der Waals surface area contributed by atoms with Crippen LogP contribution in [0.4, 0.5) is 10.1 Å². The zero-order valence-electron chi connectivity index (χ0n) is 21.4. The highest BCUT2D eigenvalue weighted by Gasteiger charge is 2.32. The van der Waals surface area contributed by atoms with Crippen LogP contribution < -0.4 is 4.90 Å². The Bertz CT molecular complexity index is 1280. The highest BCUT2D eigenvalue weighted by Crippen LogP contribution is 2.43. The maximum Gasteiger partial charge on any atom is 0.357 e. The van der Waals surface area contributed by atoms with Gasteiger partial charge < -0.3 is 14.4 Å². The largest absolute Gasteiger partial charge is 0.461 e. The van der Waals surface area contributed by atoms with Gasteiger partial charge in [-0.1, -0.05) is 12.5 Å². The number of fused-ring (bicyclic) bond motifs is 1. The molecule has 2 saturated heterocycles. The van der Waals surface area contributed by atoms with Crippen LogP contribution >= 0.6 is 0 Å². The zero-order valence-corrected chi connectivity index (χ0v) is 21.4. The molecule has 0 spiro atoms. The lowest BCUT2D eigenvalue weighted by molar-refractivity contribution is 0.0115. The molecule has 1 aliphatic carbocycles. The first-order valence-corrected chi connectivity index (χ1v) is 13.6. The van der Waals surface area contributed by atoms with Gasteiger partial charge in [0.25, 0.3) is 0 Å². The average molecular weight is 508 g/mol. The van der Waals surface area contributed by atoms with Crippen molar-refractivity contribution < 1.29 is 18.7 Å². The molecular formula is C28H34FN5O3. The van der Waals surface area contributed by atoms with Crippen molar-refractivity contribution in [2.75, 3.05) is 50.9 Å². The number of carbonyl (C=O) groups excluding carboxylic acids is 1. The van der Waals surface area contributed by atoms with Crippen LogP contribution in [-0.2, 0) is 9.47 Å². The van der Waals surface area contributed by atoms with E-state index >= 15 is 0 Å². The van der Waals surface area contributed by atoms with Gasteiger partial charge in [-0.05, 0) is 56.9 Å². The van der Waals surface area contributed by atoms with Crippen molar-refractivity contribution in [2.24, 2.45) is 0 Å². The number of hydrogen-bond acceptors (Lipinski definition) is 7. The van der Waals surface area contributed by atoms with Crippen LogP contribution in [0.1, 0.15) is 61.1 Å². The van der Waals surface area contributed by atoms with Gasteiger partial charge in [0.2, 0.25) is 0 Å². The first-order chi connectivity index (χ1) is 18.1. The van der Waals surface area contributed by atoms with E-state index in [9.17, 15) is 9.18 Å². The molecule has 3 aromatic rings. The third-order valence-electron chi connectivity index (χ3n) is 8.04. The molecule has 0 unspecified atom stereocenters. The van der Waals surface area contributed by atoms with E-state index in [0.717, 1.165) is 81.8 Å². The number of piperidine rings is 1. The summed E-state index contributed by atoms with van der Waals surface area (Å²) in [7, 11) is 0. The summed E-state index contributed by atoms with van der Waals surface area (Å²) in [5.74, 6) is -0.443. The van der Waals surface area contributed by atoms with Gasteiger partial charge in [0.1, 0.15) is 5.82 Å². The Labute approximate surface area is 216 Å². The molecule has 0 N–H and O–H groups in total. The second-order valence-corrected chi connectivity index (χ2v) is 10.2. The molecule has 3 aliphatic rings. The lowest BCUT2D eigenvalue weighted by Crippen LogP contribution is -2.49. The molecule has 196 valence electrons. The number of ether oxygens (including phenoxy) is 2. The fourth-order valence-electron chi connectivity index (χ4n) is 5.85. The van der Waals surface area contributed by atoms with Gasteiger partial charge in [-0.25, -0.2) is 18.9 Å². The molecule has 9 heteroatoms. The van der Waals surface area contributed by atoms with E-state index in [-0.39, 0.29) is 18.1 Å². The number of anilines is 1. The molecule has 0 atom stereocenters. The third-order valence-corrected chi connectivity index (χ3v) is 8.04. The predicted molar refractivity (Wildman–Crippen MR) is 139 cm³/mol. The Morgan fingerprint density at radius 2 is 1.89 bits per heavy atom. The van der Waals surface area contributed by atoms with E-state index in [0.29, 0.717) is 23.3 Å². The van der Waals surface area contributed by atoms with Crippen LogP contribution in [0, 0.1) is 5.82 Å². The Hall–Kier alpha value is -3.04. The van der Waals surface area contributed by atoms with Gasteiger partial charge in [-0.2, -0.15) is 5.10 Å². The summed E-state index contributed by atoms with van der Waals surface area (Å²) in [5, 5.41) is 5.98. The van der Waals surface area contributed by atoms with Crippen LogP contribution in [-0.4, -0.2) is 77.7 Å². The number of benzene rings is 1. The van der Waals surface area contributed by atoms with E-state index in [1.165, 1.54) is 18.6 Å². The minimum atomic E-state index is -0.453. The Morgan fingerprint density at radius 3 is 2.57 bits per heavy atom. The number of hydrogen-bond donors (Lipinski definition) is 0. The van der Waals surface area contributed by atoms with Gasteiger partial charge in [0.15, 0.2) is 11.3 Å². The topological polar surface area (TPSA) is 72.7 Å². The molecule has 4 heterocycles. The van der Waals surface area contributed by atoms with Gasteiger partial charge in [0, 0.05) is 38.1 Å². The molecule has 1 saturated carbocycles. The minimum absolute atomic E-state index is 0.261. The number of pyridine rings is 1. The molecule has 0 bridgehead atoms. The molecular weight excluding hydrogens is 473 g/mol. The number of rotatable bonds is 6. The average Bonchev–Trinajstić information content (AvgIpc) is 3.27. The summed E-state index contributed by atoms with van der Waals surface area (Å²) in [4.78, 5) is 22.6. The number of carbonyl (C=O) groups is 1. The summed E-state index contributed by atoms with van der Waals surface area (Å²) < 4.78 is 26.8. The van der Waals surface area contributed by atoms with Gasteiger partial charge >= 0.3 is 5.97 Å². The molecule has 37 heavy (non-hydrogen) atoms. The van der Waals surface area contributed by atoms with E-state index in [2.05, 4.69) is 9.80 Å². The quantitative estimate of drug-likeness (QED) is 0.461. The molecule has 2 aromatic heterocycles. The summed E-state index contributed by atoms with van der Waals surface area (Å²) >= 11 is 0. The summed E-state index contributed by atoms with van der Waals surface area (Å²) in [5.41, 5.74) is 3.43. The van der Waals surface area contributed by atoms with E-state index in [1.807, 2.05) is 12.1 Å². The van der Waals surface area contributed by atoms with Crippen molar-refractivity contribution in [3.8, 4) is 5.69 Å². The normalized spacial score (nSPS) is 19.8. The molecule has 0 amide bonds. The summed E-state index contributed by atoms with van der Waals surface area (Å²) in [6.07, 6.45) is 5.43. The first-order valence-electron chi connectivity index (χ1n) is 13.6. The van der Waals surface area contributed by atoms with Crippen molar-refractivity contribution >= 4 is 22.7 Å². The zero-order chi connectivity index (χ0) is 25.4. The Kier molecular flexibility index (Phi) is 6.82. The molecule has 6 rings (SSSR count). The Morgan fingerprint density at radius 1 is 1.11 bits per heavy atom. The van der Waals surface area contributed by atoms with Crippen molar-refractivity contribution in [1.82, 2.24) is 19.7 Å². The number of nitrogens with zero attached hydrogens (tertiary/aromatic N) is 5. The number of esters is 1. The van der Waals surface area contributed by atoms with Gasteiger partial charge in [-0.3, -0.25) is 4.90 Å². The standard InChI is InChI=1S/C28H34FN5O3/c1-2-37-28(35)23-18-24(33-11-9-21(10-12-33)32-13-15-36-16-14-32)25-26(19-5-3-6-19)31-34(27(25)30-23)22-8-4-7-20(29)17-22/h4,7-8,17-19,21H,2-3,5-6,9-16H2,1H3. The lowest BCUT2D eigenvalue weighted by atomic mass is 9.82. The molecule has 8 nitrogen and oxygen atoms in total. The van der Waals surface area contributed by atoms with Crippen LogP contribution in [0.25, 0.3) is 16.7 Å². The van der Waals surface area contributed by atoms with E-state index in [1.54, 1.807) is 17.7 Å². The SMILES string of the molecule is CCOC(=O)c1cc(N2CCC(N3CCOCC3)CC2)c2c(C3CCC3)nn(-c3cccc(F)c3)c2n1. The van der Waals surface area contributed by atoms with Crippen LogP contribution in [0.15, 0.2) is 30.3 Å². The smallest absolute Gasteiger partial charge is 0.357 e. The summed E-state index contributed by atoms with van der Waals surface area (Å²) in [6, 6.07) is 8.81. The number of aromatic nitrogens is 3. The van der Waals surface area contributed by atoms with Crippen molar-refractivity contribution in [3.63, 3.8) is 0 Å². The van der Waals surface area contributed by atoms with Crippen molar-refractivity contribution in [1.29, 1.82) is 0 Å². The Balaban J connectivity index is 1.44. The first kappa shape index (κ1) is 24.3. The third kappa shape index (κ3) is 4.70. The second kappa shape index (κ2) is 10.4. The fourth-order valence-corrected chi connectivity index (χ4v) is 5.85. The van der Waals surface area contributed by atoms with Gasteiger partial charge in [-0.15, -0.1) is 0 Å². The van der Waals surface area contributed by atoms with Crippen molar-refractivity contribution in [3.05, 3.63) is 47.5 Å². The number of halogens is 1. The maximum atomic E-state index is 14.2. The van der Waals surface area contributed by atoms with Gasteiger partial charge in [0.05, 0.1) is 42.3 Å². The van der Waals surface area contributed by atoms with Crippen LogP contribution in [0.5, 0.6) is 0 Å². The number of morpholine rings is 1. The summed E-state index contributed by atoms with van der Waals surface area (Å²) in [6.45, 7) is 7.43. The molecule has 1 aromatic carbocycles. The monoisotopic (exact) mass is 507 g/mol. The molecule has 2 aliphatic heterocycles. The minimum Gasteiger partial charge on any atom is -0.461 e. The van der Waals surface area contributed by atoms with E-state index < -0.39 is 5.97 Å². The van der Waals surface area contributed by atoms with Crippen LogP contribution in [0.3, 0.4) is 0 Å². The van der Waals surface area contributed by atoms with Crippen molar-refractivity contribution in [2.45, 2.75) is 51.0 Å². The van der Waals surface area contributed by atoms with E-state index in [4.69, 9.17) is 19.6 Å². The highest BCUT2D eigenvalue weighted by molar-refractivity contribution is 5.99. The predicted octanol–water partition coefficient (Wildman–Crippen LogP) is 4.30. The fraction of sp³-hybridized carbons (Fsp3) is 0.536. The molecule has 3 fully saturated rings. The van der Waals surface area contributed by atoms with Crippen LogP contribution in [0.2, 0.25) is 0 Å². The maximum absolute atomic E-state index is 14.2.